The molecule has 1 aromatic carbocycles. The first kappa shape index (κ1) is 13.5. The van der Waals surface area contributed by atoms with Gasteiger partial charge in [-0.15, -0.1) is 0 Å². The van der Waals surface area contributed by atoms with Gasteiger partial charge in [-0.1, -0.05) is 24.2 Å². The quantitative estimate of drug-likeness (QED) is 0.862. The third-order valence-corrected chi connectivity index (χ3v) is 2.63. The van der Waals surface area contributed by atoms with E-state index < -0.39 is 5.82 Å². The number of aryl methyl sites for hydroxylation is 1. The topological polar surface area (TPSA) is 74.2 Å². The minimum absolute atomic E-state index is 0.0471. The first-order chi connectivity index (χ1) is 9.24. The van der Waals surface area contributed by atoms with Crippen LogP contribution in [-0.4, -0.2) is 16.7 Å². The van der Waals surface area contributed by atoms with Crippen LogP contribution in [0.1, 0.15) is 24.2 Å². The van der Waals surface area contributed by atoms with E-state index in [0.717, 1.165) is 5.56 Å². The van der Waals surface area contributed by atoms with Crippen LogP contribution in [0.5, 0.6) is 5.75 Å². The molecule has 19 heavy (non-hydrogen) atoms. The van der Waals surface area contributed by atoms with Crippen molar-refractivity contribution in [1.82, 2.24) is 10.1 Å². The molecular weight excluding hydrogens is 249 g/mol. The summed E-state index contributed by atoms with van der Waals surface area (Å²) in [4.78, 5) is 4.10. The maximum absolute atomic E-state index is 13.7. The maximum Gasteiger partial charge on any atom is 0.264 e. The fraction of sp³-hybridized carbons (Fsp3) is 0.385. The SMILES string of the molecule is CCc1noc(COc2c(F)cccc2CCN)n1. The van der Waals surface area contributed by atoms with Crippen molar-refractivity contribution in [2.45, 2.75) is 26.4 Å². The Balaban J connectivity index is 2.09. The van der Waals surface area contributed by atoms with Gasteiger partial charge in [-0.05, 0) is 24.6 Å². The van der Waals surface area contributed by atoms with Gasteiger partial charge in [0.25, 0.3) is 5.89 Å². The number of halogens is 1. The van der Waals surface area contributed by atoms with Crippen molar-refractivity contribution in [1.29, 1.82) is 0 Å². The van der Waals surface area contributed by atoms with Crippen molar-refractivity contribution in [3.8, 4) is 5.75 Å². The van der Waals surface area contributed by atoms with Gasteiger partial charge in [-0.25, -0.2) is 4.39 Å². The number of benzene rings is 1. The van der Waals surface area contributed by atoms with Gasteiger partial charge in [0.1, 0.15) is 0 Å². The van der Waals surface area contributed by atoms with E-state index in [9.17, 15) is 4.39 Å². The van der Waals surface area contributed by atoms with Crippen LogP contribution in [0, 0.1) is 5.82 Å². The first-order valence-corrected chi connectivity index (χ1v) is 6.16. The lowest BCUT2D eigenvalue weighted by atomic mass is 10.1. The van der Waals surface area contributed by atoms with Crippen molar-refractivity contribution < 1.29 is 13.7 Å². The van der Waals surface area contributed by atoms with Crippen molar-refractivity contribution in [2.24, 2.45) is 5.73 Å². The molecule has 0 aliphatic heterocycles. The van der Waals surface area contributed by atoms with Gasteiger partial charge in [0.2, 0.25) is 0 Å². The summed E-state index contributed by atoms with van der Waals surface area (Å²) in [5.74, 6) is 0.721. The fourth-order valence-corrected chi connectivity index (χ4v) is 1.69. The normalized spacial score (nSPS) is 10.7. The van der Waals surface area contributed by atoms with E-state index in [-0.39, 0.29) is 12.4 Å². The number of para-hydroxylation sites is 1. The van der Waals surface area contributed by atoms with Crippen LogP contribution in [0.25, 0.3) is 0 Å². The molecule has 0 aliphatic rings. The summed E-state index contributed by atoms with van der Waals surface area (Å²) >= 11 is 0. The molecule has 102 valence electrons. The Kier molecular flexibility index (Phi) is 4.46. The first-order valence-electron chi connectivity index (χ1n) is 6.16. The highest BCUT2D eigenvalue weighted by molar-refractivity contribution is 5.35. The maximum atomic E-state index is 13.7. The summed E-state index contributed by atoms with van der Waals surface area (Å²) in [7, 11) is 0. The second-order valence-electron chi connectivity index (χ2n) is 4.01. The van der Waals surface area contributed by atoms with Crippen molar-refractivity contribution >= 4 is 0 Å². The Morgan fingerprint density at radius 1 is 1.42 bits per heavy atom. The summed E-state index contributed by atoms with van der Waals surface area (Å²) in [5, 5.41) is 3.75. The number of hydrogen-bond donors (Lipinski definition) is 1. The van der Waals surface area contributed by atoms with Crippen LogP contribution in [-0.2, 0) is 19.4 Å². The van der Waals surface area contributed by atoms with Crippen molar-refractivity contribution in [2.75, 3.05) is 6.54 Å². The highest BCUT2D eigenvalue weighted by atomic mass is 19.1. The summed E-state index contributed by atoms with van der Waals surface area (Å²) in [6.45, 7) is 2.40. The number of aromatic nitrogens is 2. The van der Waals surface area contributed by atoms with Crippen LogP contribution >= 0.6 is 0 Å². The Hall–Kier alpha value is -1.95. The molecule has 0 atom stereocenters. The lowest BCUT2D eigenvalue weighted by Gasteiger charge is -2.10. The molecule has 1 heterocycles. The van der Waals surface area contributed by atoms with Crippen LogP contribution in [0.4, 0.5) is 4.39 Å². The van der Waals surface area contributed by atoms with Gasteiger partial charge in [0.15, 0.2) is 24.0 Å². The predicted octanol–water partition coefficient (Wildman–Crippen LogP) is 1.85. The smallest absolute Gasteiger partial charge is 0.264 e. The molecular formula is C13H16FN3O2. The number of hydrogen-bond acceptors (Lipinski definition) is 5. The molecule has 0 unspecified atom stereocenters. The molecule has 2 aromatic rings. The fourth-order valence-electron chi connectivity index (χ4n) is 1.69. The van der Waals surface area contributed by atoms with E-state index in [0.29, 0.717) is 31.1 Å². The molecule has 0 bridgehead atoms. The molecule has 0 amide bonds. The molecule has 0 radical (unpaired) electrons. The predicted molar refractivity (Wildman–Crippen MR) is 67.2 cm³/mol. The lowest BCUT2D eigenvalue weighted by Crippen LogP contribution is -2.07. The zero-order chi connectivity index (χ0) is 13.7. The minimum Gasteiger partial charge on any atom is -0.480 e. The molecule has 2 rings (SSSR count). The van der Waals surface area contributed by atoms with Gasteiger partial charge in [-0.3, -0.25) is 0 Å². The number of nitrogens with zero attached hydrogens (tertiary/aromatic N) is 2. The summed E-state index contributed by atoms with van der Waals surface area (Å²) in [6.07, 6.45) is 1.23. The van der Waals surface area contributed by atoms with E-state index in [4.69, 9.17) is 15.0 Å². The molecule has 0 saturated carbocycles. The monoisotopic (exact) mass is 265 g/mol. The van der Waals surface area contributed by atoms with Gasteiger partial charge in [0.05, 0.1) is 0 Å². The number of nitrogens with two attached hydrogens (primary N) is 1. The average Bonchev–Trinajstić information content (AvgIpc) is 2.86. The third kappa shape index (κ3) is 3.29. The van der Waals surface area contributed by atoms with Gasteiger partial charge in [-0.2, -0.15) is 4.98 Å². The number of rotatable bonds is 6. The van der Waals surface area contributed by atoms with Crippen LogP contribution in [0.2, 0.25) is 0 Å². The van der Waals surface area contributed by atoms with Crippen LogP contribution in [0.3, 0.4) is 0 Å². The minimum atomic E-state index is -0.416. The standard InChI is InChI=1S/C13H16FN3O2/c1-2-11-16-12(19-17-11)8-18-13-9(6-7-15)4-3-5-10(13)14/h3-5H,2,6-8,15H2,1H3. The van der Waals surface area contributed by atoms with Gasteiger partial charge >= 0.3 is 0 Å². The molecule has 0 fully saturated rings. The lowest BCUT2D eigenvalue weighted by molar-refractivity contribution is 0.232. The Labute approximate surface area is 110 Å². The van der Waals surface area contributed by atoms with Crippen molar-refractivity contribution in [3.63, 3.8) is 0 Å². The Bertz CT molecular complexity index is 542. The van der Waals surface area contributed by atoms with E-state index in [1.165, 1.54) is 6.07 Å². The van der Waals surface area contributed by atoms with E-state index in [1.807, 2.05) is 6.92 Å². The van der Waals surface area contributed by atoms with Crippen molar-refractivity contribution in [3.05, 3.63) is 41.3 Å². The van der Waals surface area contributed by atoms with E-state index in [1.54, 1.807) is 12.1 Å². The van der Waals surface area contributed by atoms with Gasteiger partial charge < -0.3 is 15.0 Å². The molecule has 0 aliphatic carbocycles. The summed E-state index contributed by atoms with van der Waals surface area (Å²) in [6, 6.07) is 4.77. The van der Waals surface area contributed by atoms with Crippen LogP contribution in [0.15, 0.2) is 22.7 Å². The molecule has 0 spiro atoms. The summed E-state index contributed by atoms with van der Waals surface area (Å²) < 4.78 is 24.1. The highest BCUT2D eigenvalue weighted by Gasteiger charge is 2.12. The van der Waals surface area contributed by atoms with Crippen LogP contribution < -0.4 is 10.5 Å². The largest absolute Gasteiger partial charge is 0.480 e. The Morgan fingerprint density at radius 2 is 2.26 bits per heavy atom. The Morgan fingerprint density at radius 3 is 2.95 bits per heavy atom. The molecule has 5 nitrogen and oxygen atoms in total. The molecule has 2 N–H and O–H groups in total. The molecule has 0 saturated heterocycles. The molecule has 6 heteroatoms. The van der Waals surface area contributed by atoms with E-state index >= 15 is 0 Å². The average molecular weight is 265 g/mol. The number of ether oxygens (including phenoxy) is 1. The third-order valence-electron chi connectivity index (χ3n) is 2.63. The highest BCUT2D eigenvalue weighted by Crippen LogP contribution is 2.23. The van der Waals surface area contributed by atoms with Gasteiger partial charge in [0, 0.05) is 6.42 Å². The molecule has 1 aromatic heterocycles. The zero-order valence-corrected chi connectivity index (χ0v) is 10.7. The second kappa shape index (κ2) is 6.29. The second-order valence-corrected chi connectivity index (χ2v) is 4.01. The van der Waals surface area contributed by atoms with E-state index in [2.05, 4.69) is 10.1 Å². The zero-order valence-electron chi connectivity index (χ0n) is 10.7. The summed E-state index contributed by atoms with van der Waals surface area (Å²) in [5.41, 5.74) is 6.22.